The van der Waals surface area contributed by atoms with Crippen LogP contribution in [0, 0.1) is 13.8 Å². The van der Waals surface area contributed by atoms with Gasteiger partial charge in [-0.3, -0.25) is 14.9 Å². The Balaban J connectivity index is 1.75. The first-order valence-electron chi connectivity index (χ1n) is 9.38. The van der Waals surface area contributed by atoms with E-state index in [2.05, 4.69) is 37.2 Å². The summed E-state index contributed by atoms with van der Waals surface area (Å²) in [6.45, 7) is 3.88. The lowest BCUT2D eigenvalue weighted by Gasteiger charge is -2.26. The van der Waals surface area contributed by atoms with Gasteiger partial charge in [-0.05, 0) is 80.1 Å². The van der Waals surface area contributed by atoms with Crippen molar-refractivity contribution >= 4 is 61.5 Å². The molecule has 0 unspecified atom stereocenters. The molecule has 1 saturated heterocycles. The number of benzene rings is 2. The molecular formula is C23H17Br2N3O3. The first-order valence-corrected chi connectivity index (χ1v) is 11.0. The number of halogens is 2. The molecule has 0 saturated carbocycles. The maximum atomic E-state index is 13.1. The Hall–Kier alpha value is -2.97. The summed E-state index contributed by atoms with van der Waals surface area (Å²) in [6, 6.07) is 15.7. The van der Waals surface area contributed by atoms with Gasteiger partial charge in [-0.1, -0.05) is 31.9 Å². The van der Waals surface area contributed by atoms with Crippen LogP contribution in [-0.4, -0.2) is 22.4 Å². The summed E-state index contributed by atoms with van der Waals surface area (Å²) >= 11 is 6.77. The van der Waals surface area contributed by atoms with Crippen LogP contribution in [0.3, 0.4) is 0 Å². The maximum absolute atomic E-state index is 13.1. The molecule has 2 aromatic carbocycles. The number of amides is 4. The van der Waals surface area contributed by atoms with Crippen molar-refractivity contribution in [2.24, 2.45) is 0 Å². The minimum absolute atomic E-state index is 0.0985. The molecule has 0 atom stereocenters. The zero-order valence-corrected chi connectivity index (χ0v) is 19.8. The number of hydrogen-bond donors (Lipinski definition) is 1. The Morgan fingerprint density at radius 3 is 1.97 bits per heavy atom. The average molecular weight is 543 g/mol. The van der Waals surface area contributed by atoms with E-state index in [0.29, 0.717) is 5.69 Å². The van der Waals surface area contributed by atoms with Crippen LogP contribution in [0.2, 0.25) is 0 Å². The first kappa shape index (κ1) is 21.3. The minimum Gasteiger partial charge on any atom is -0.318 e. The summed E-state index contributed by atoms with van der Waals surface area (Å²) in [5, 5.41) is 2.26. The molecule has 6 nitrogen and oxygen atoms in total. The second-order valence-corrected chi connectivity index (χ2v) is 8.90. The quantitative estimate of drug-likeness (QED) is 0.361. The molecule has 1 aliphatic rings. The van der Waals surface area contributed by atoms with Crippen molar-refractivity contribution in [1.29, 1.82) is 0 Å². The summed E-state index contributed by atoms with van der Waals surface area (Å²) in [5.41, 5.74) is 3.80. The number of rotatable bonds is 3. The van der Waals surface area contributed by atoms with E-state index in [-0.39, 0.29) is 5.57 Å². The molecule has 156 valence electrons. The molecule has 0 aliphatic carbocycles. The summed E-state index contributed by atoms with van der Waals surface area (Å²) in [6.07, 6.45) is 1.54. The monoisotopic (exact) mass is 541 g/mol. The van der Waals surface area contributed by atoms with E-state index < -0.39 is 17.8 Å². The van der Waals surface area contributed by atoms with Gasteiger partial charge in [0.2, 0.25) is 0 Å². The summed E-state index contributed by atoms with van der Waals surface area (Å²) in [7, 11) is 0. The van der Waals surface area contributed by atoms with E-state index in [4.69, 9.17) is 0 Å². The number of hydrogen-bond acceptors (Lipinski definition) is 3. The fraction of sp³-hybridized carbons (Fsp3) is 0.0870. The van der Waals surface area contributed by atoms with Gasteiger partial charge in [-0.25, -0.2) is 9.69 Å². The van der Waals surface area contributed by atoms with Gasteiger partial charge in [-0.2, -0.15) is 0 Å². The van der Waals surface area contributed by atoms with Crippen molar-refractivity contribution in [2.45, 2.75) is 13.8 Å². The van der Waals surface area contributed by atoms with Gasteiger partial charge < -0.3 is 4.57 Å². The van der Waals surface area contributed by atoms with E-state index >= 15 is 0 Å². The third kappa shape index (κ3) is 4.00. The third-order valence-corrected chi connectivity index (χ3v) is 6.10. The number of nitrogens with zero attached hydrogens (tertiary/aromatic N) is 2. The number of aromatic nitrogens is 1. The van der Waals surface area contributed by atoms with Crippen LogP contribution in [0.4, 0.5) is 10.5 Å². The molecule has 8 heteroatoms. The van der Waals surface area contributed by atoms with E-state index in [0.717, 1.165) is 36.5 Å². The molecule has 0 radical (unpaired) electrons. The Morgan fingerprint density at radius 2 is 1.39 bits per heavy atom. The first-order chi connectivity index (χ1) is 14.8. The zero-order valence-electron chi connectivity index (χ0n) is 16.6. The van der Waals surface area contributed by atoms with Crippen molar-refractivity contribution in [1.82, 2.24) is 9.88 Å². The smallest absolute Gasteiger partial charge is 0.318 e. The van der Waals surface area contributed by atoms with Crippen LogP contribution in [0.5, 0.6) is 0 Å². The fourth-order valence-electron chi connectivity index (χ4n) is 3.56. The number of carbonyl (C=O) groups is 3. The standard InChI is InChI=1S/C23H17Br2N3O3/c1-13-11-15(14(2)27(13)18-7-3-16(24)4-8-18)12-20-21(29)26-23(31)28(22(20)30)19-9-5-17(25)6-10-19/h3-12H,1-2H3,(H,26,29,31)/b20-12-. The SMILES string of the molecule is Cc1cc(/C=C2/C(=O)NC(=O)N(c3ccc(Br)cc3)C2=O)c(C)n1-c1ccc(Br)cc1. The topological polar surface area (TPSA) is 71.4 Å². The molecule has 0 spiro atoms. The summed E-state index contributed by atoms with van der Waals surface area (Å²) in [4.78, 5) is 38.9. The van der Waals surface area contributed by atoms with E-state index in [1.807, 2.05) is 48.7 Å². The number of barbiturate groups is 1. The van der Waals surface area contributed by atoms with Crippen LogP contribution in [0.25, 0.3) is 11.8 Å². The molecule has 1 aliphatic heterocycles. The number of aryl methyl sites for hydroxylation is 1. The number of nitrogens with one attached hydrogen (secondary N) is 1. The Labute approximate surface area is 195 Å². The predicted molar refractivity (Wildman–Crippen MR) is 126 cm³/mol. The van der Waals surface area contributed by atoms with Crippen molar-refractivity contribution in [3.63, 3.8) is 0 Å². The minimum atomic E-state index is -0.769. The van der Waals surface area contributed by atoms with Crippen LogP contribution in [-0.2, 0) is 9.59 Å². The van der Waals surface area contributed by atoms with Gasteiger partial charge in [-0.15, -0.1) is 0 Å². The lowest BCUT2D eigenvalue weighted by Crippen LogP contribution is -2.54. The predicted octanol–water partition coefficient (Wildman–Crippen LogP) is 5.29. The molecule has 4 rings (SSSR count). The molecule has 1 N–H and O–H groups in total. The molecule has 1 fully saturated rings. The van der Waals surface area contributed by atoms with Gasteiger partial charge >= 0.3 is 6.03 Å². The largest absolute Gasteiger partial charge is 0.335 e. The zero-order chi connectivity index (χ0) is 22.3. The highest BCUT2D eigenvalue weighted by atomic mass is 79.9. The molecule has 4 amide bonds. The number of anilines is 1. The van der Waals surface area contributed by atoms with Crippen LogP contribution in [0.15, 0.2) is 69.1 Å². The highest BCUT2D eigenvalue weighted by molar-refractivity contribution is 9.10. The molecule has 2 heterocycles. The highest BCUT2D eigenvalue weighted by Gasteiger charge is 2.37. The van der Waals surface area contributed by atoms with Crippen molar-refractivity contribution < 1.29 is 14.4 Å². The Bertz CT molecular complexity index is 1240. The van der Waals surface area contributed by atoms with Gasteiger partial charge in [0.05, 0.1) is 5.69 Å². The normalized spacial score (nSPS) is 15.5. The summed E-state index contributed by atoms with van der Waals surface area (Å²) in [5.74, 6) is -1.37. The molecular weight excluding hydrogens is 526 g/mol. The van der Waals surface area contributed by atoms with Gasteiger partial charge in [0.15, 0.2) is 0 Å². The second kappa shape index (κ2) is 8.28. The van der Waals surface area contributed by atoms with Crippen molar-refractivity contribution in [2.75, 3.05) is 4.90 Å². The van der Waals surface area contributed by atoms with Gasteiger partial charge in [0.1, 0.15) is 5.57 Å². The van der Waals surface area contributed by atoms with Crippen molar-refractivity contribution in [3.05, 3.63) is 86.1 Å². The molecule has 31 heavy (non-hydrogen) atoms. The van der Waals surface area contributed by atoms with Gasteiger partial charge in [0.25, 0.3) is 11.8 Å². The van der Waals surface area contributed by atoms with E-state index in [1.54, 1.807) is 24.3 Å². The van der Waals surface area contributed by atoms with Crippen molar-refractivity contribution in [3.8, 4) is 5.69 Å². The fourth-order valence-corrected chi connectivity index (χ4v) is 4.09. The highest BCUT2D eigenvalue weighted by Crippen LogP contribution is 2.27. The van der Waals surface area contributed by atoms with Crippen LogP contribution >= 0.6 is 31.9 Å². The molecule has 1 aromatic heterocycles. The Kier molecular flexibility index (Phi) is 5.68. The number of urea groups is 1. The van der Waals surface area contributed by atoms with Gasteiger partial charge in [0, 0.05) is 26.0 Å². The second-order valence-electron chi connectivity index (χ2n) is 7.07. The molecule has 3 aromatic rings. The van der Waals surface area contributed by atoms with E-state index in [9.17, 15) is 14.4 Å². The Morgan fingerprint density at radius 1 is 0.839 bits per heavy atom. The van der Waals surface area contributed by atoms with E-state index in [1.165, 1.54) is 6.08 Å². The lowest BCUT2D eigenvalue weighted by atomic mass is 10.1. The lowest BCUT2D eigenvalue weighted by molar-refractivity contribution is -0.122. The number of carbonyl (C=O) groups excluding carboxylic acids is 3. The molecule has 0 bridgehead atoms. The van der Waals surface area contributed by atoms with Crippen LogP contribution < -0.4 is 10.2 Å². The van der Waals surface area contributed by atoms with Crippen LogP contribution in [0.1, 0.15) is 17.0 Å². The number of imide groups is 2. The summed E-state index contributed by atoms with van der Waals surface area (Å²) < 4.78 is 3.83. The third-order valence-electron chi connectivity index (χ3n) is 5.04. The maximum Gasteiger partial charge on any atom is 0.335 e. The average Bonchev–Trinajstić information content (AvgIpc) is 3.00.